The molecule has 2 aliphatic heterocycles. The molecule has 0 aliphatic carbocycles. The van der Waals surface area contributed by atoms with Crippen LogP contribution in [0.15, 0.2) is 56.4 Å². The first-order valence-electron chi connectivity index (χ1n) is 12.7. The molecule has 0 bridgehead atoms. The minimum atomic E-state index is -0.780. The number of amidine groups is 1. The molecule has 2 fully saturated rings. The Morgan fingerprint density at radius 1 is 1.13 bits per heavy atom. The molecule has 9 nitrogen and oxygen atoms in total. The van der Waals surface area contributed by atoms with Crippen molar-refractivity contribution in [1.29, 1.82) is 5.26 Å². The minimum absolute atomic E-state index is 0.0158. The van der Waals surface area contributed by atoms with Crippen LogP contribution in [-0.4, -0.2) is 85.0 Å². The highest BCUT2D eigenvalue weighted by Crippen LogP contribution is 2.30. The van der Waals surface area contributed by atoms with Crippen molar-refractivity contribution < 1.29 is 9.53 Å². The van der Waals surface area contributed by atoms with Gasteiger partial charge in [0.25, 0.3) is 0 Å². The maximum atomic E-state index is 13.8. The molecule has 0 aromatic heterocycles. The van der Waals surface area contributed by atoms with Gasteiger partial charge < -0.3 is 20.3 Å². The van der Waals surface area contributed by atoms with Crippen LogP contribution in [0.1, 0.15) is 18.4 Å². The number of nitrogens with one attached hydrogen (secondary N) is 1. The van der Waals surface area contributed by atoms with Gasteiger partial charge >= 0.3 is 6.02 Å². The van der Waals surface area contributed by atoms with Crippen molar-refractivity contribution in [3.63, 3.8) is 0 Å². The number of nitrogens with zero attached hydrogens (tertiary/aromatic N) is 5. The number of carbonyl (C=O) groups is 1. The van der Waals surface area contributed by atoms with Crippen LogP contribution in [0.3, 0.4) is 0 Å². The summed E-state index contributed by atoms with van der Waals surface area (Å²) < 4.78 is 7.30. The number of nitrogens with two attached hydrogens (primary N) is 1. The van der Waals surface area contributed by atoms with E-state index in [9.17, 15) is 10.1 Å². The predicted molar refractivity (Wildman–Crippen MR) is 156 cm³/mol. The van der Waals surface area contributed by atoms with Crippen molar-refractivity contribution in [3.05, 3.63) is 57.0 Å². The van der Waals surface area contributed by atoms with E-state index in [1.54, 1.807) is 12.1 Å². The molecule has 11 heteroatoms. The fourth-order valence-electron chi connectivity index (χ4n) is 4.89. The summed E-state index contributed by atoms with van der Waals surface area (Å²) in [7, 11) is 2.16. The van der Waals surface area contributed by atoms with Crippen molar-refractivity contribution in [1.82, 2.24) is 20.0 Å². The Kier molecular flexibility index (Phi) is 10.0. The number of benzene rings is 2. The Hall–Kier alpha value is -2.65. The van der Waals surface area contributed by atoms with Gasteiger partial charge in [0.05, 0.1) is 5.69 Å². The molecular formula is C27H33Br2N7O2. The van der Waals surface area contributed by atoms with Gasteiger partial charge in [-0.05, 0) is 81.6 Å². The van der Waals surface area contributed by atoms with Gasteiger partial charge in [0.2, 0.25) is 5.91 Å². The maximum absolute atomic E-state index is 13.8. The number of hydrogen-bond donors (Lipinski definition) is 2. The molecule has 3 N–H and O–H groups in total. The number of amides is 1. The van der Waals surface area contributed by atoms with Crippen LogP contribution in [0.2, 0.25) is 0 Å². The highest BCUT2D eigenvalue weighted by atomic mass is 79.9. The highest BCUT2D eigenvalue weighted by Gasteiger charge is 2.32. The molecule has 2 aromatic carbocycles. The van der Waals surface area contributed by atoms with Gasteiger partial charge in [-0.25, -0.2) is 10.3 Å². The number of ether oxygens (including phenoxy) is 1. The van der Waals surface area contributed by atoms with E-state index in [-0.39, 0.29) is 11.9 Å². The summed E-state index contributed by atoms with van der Waals surface area (Å²) >= 11 is 6.99. The number of hydrogen-bond acceptors (Lipinski definition) is 7. The molecule has 4 rings (SSSR count). The van der Waals surface area contributed by atoms with E-state index in [0.29, 0.717) is 37.0 Å². The van der Waals surface area contributed by atoms with E-state index in [1.165, 1.54) is 0 Å². The fraction of sp³-hybridized carbons (Fsp3) is 0.444. The first kappa shape index (κ1) is 28.4. The summed E-state index contributed by atoms with van der Waals surface area (Å²) in [6.07, 6.45) is 4.08. The molecule has 0 radical (unpaired) electrons. The van der Waals surface area contributed by atoms with E-state index >= 15 is 0 Å². The number of halogens is 2. The van der Waals surface area contributed by atoms with Crippen LogP contribution in [0.25, 0.3) is 0 Å². The molecule has 2 aliphatic rings. The zero-order valence-corrected chi connectivity index (χ0v) is 24.6. The minimum Gasteiger partial charge on any atom is -0.425 e. The lowest BCUT2D eigenvalue weighted by molar-refractivity contribution is -0.134. The number of nitrogen functional groups attached to an aromatic ring is 1. The van der Waals surface area contributed by atoms with E-state index in [2.05, 4.69) is 59.0 Å². The van der Waals surface area contributed by atoms with Crippen molar-refractivity contribution >= 4 is 49.5 Å². The standard InChI is InChI=1S/C27H33Br2N7O2/c1-34-11-13-35(14-12-34)20-7-9-36(10-8-20)26(37)24(17-19-15-22(28)25(31)23(29)16-19)33-27(32-18-30)38-21-5-3-2-4-6-21/h2-6,15-16,20,24H,7-14,17,31H2,1H3,(H,32,33)/t24-/m0/s1. The summed E-state index contributed by atoms with van der Waals surface area (Å²) in [6, 6.07) is 12.6. The SMILES string of the molecule is CN1CCN(C2CCN(C(=O)[C@H](Cc3cc(Br)c(N)c(Br)c3)N=C(NC#N)Oc3ccccc3)CC2)CC1. The molecule has 0 spiro atoms. The predicted octanol–water partition coefficient (Wildman–Crippen LogP) is 3.45. The molecule has 0 saturated carbocycles. The molecule has 1 atom stereocenters. The lowest BCUT2D eigenvalue weighted by atomic mass is 9.99. The van der Waals surface area contributed by atoms with Crippen LogP contribution in [0.4, 0.5) is 5.69 Å². The van der Waals surface area contributed by atoms with Crippen molar-refractivity contribution in [3.8, 4) is 11.9 Å². The molecular weight excluding hydrogens is 614 g/mol. The first-order valence-corrected chi connectivity index (χ1v) is 14.3. The Balaban J connectivity index is 1.53. The van der Waals surface area contributed by atoms with Gasteiger partial charge in [0.15, 0.2) is 6.19 Å². The average Bonchev–Trinajstić information content (AvgIpc) is 2.92. The Bertz CT molecular complexity index is 1150. The number of aliphatic imine (C=N–C) groups is 1. The third-order valence-corrected chi connectivity index (χ3v) is 8.39. The van der Waals surface area contributed by atoms with Gasteiger partial charge in [-0.15, -0.1) is 0 Å². The first-order chi connectivity index (χ1) is 18.3. The number of piperazine rings is 1. The molecule has 0 unspecified atom stereocenters. The Morgan fingerprint density at radius 3 is 2.37 bits per heavy atom. The van der Waals surface area contributed by atoms with E-state index < -0.39 is 6.04 Å². The summed E-state index contributed by atoms with van der Waals surface area (Å²) in [5.41, 5.74) is 7.54. The summed E-state index contributed by atoms with van der Waals surface area (Å²) in [5, 5.41) is 11.8. The van der Waals surface area contributed by atoms with E-state index in [0.717, 1.165) is 53.5 Å². The van der Waals surface area contributed by atoms with Gasteiger partial charge in [-0.2, -0.15) is 5.26 Å². The molecule has 2 aromatic rings. The van der Waals surface area contributed by atoms with Crippen LogP contribution in [0, 0.1) is 11.5 Å². The highest BCUT2D eigenvalue weighted by molar-refractivity contribution is 9.11. The molecule has 38 heavy (non-hydrogen) atoms. The number of nitriles is 1. The Labute approximate surface area is 240 Å². The van der Waals surface area contributed by atoms with Crippen molar-refractivity contribution in [2.24, 2.45) is 4.99 Å². The smallest absolute Gasteiger partial charge is 0.304 e. The zero-order valence-electron chi connectivity index (χ0n) is 21.4. The second kappa shape index (κ2) is 13.4. The summed E-state index contributed by atoms with van der Waals surface area (Å²) in [5.74, 6) is 0.436. The number of rotatable bonds is 6. The molecule has 2 heterocycles. The van der Waals surface area contributed by atoms with Gasteiger partial charge in [0, 0.05) is 60.7 Å². The molecule has 202 valence electrons. The average molecular weight is 647 g/mol. The number of likely N-dealkylation sites (tertiary alicyclic amines) is 1. The monoisotopic (exact) mass is 645 g/mol. The number of para-hydroxylation sites is 1. The van der Waals surface area contributed by atoms with E-state index in [1.807, 2.05) is 41.4 Å². The molecule has 2 saturated heterocycles. The lowest BCUT2D eigenvalue weighted by Gasteiger charge is -2.42. The second-order valence-electron chi connectivity index (χ2n) is 9.67. The summed E-state index contributed by atoms with van der Waals surface area (Å²) in [6.45, 7) is 5.67. The second-order valence-corrected chi connectivity index (χ2v) is 11.4. The zero-order chi connectivity index (χ0) is 27.1. The largest absolute Gasteiger partial charge is 0.425 e. The van der Waals surface area contributed by atoms with Crippen LogP contribution in [-0.2, 0) is 11.2 Å². The fourth-order valence-corrected chi connectivity index (χ4v) is 6.17. The van der Waals surface area contributed by atoms with Crippen molar-refractivity contribution in [2.45, 2.75) is 31.3 Å². The lowest BCUT2D eigenvalue weighted by Crippen LogP contribution is -2.54. The molecule has 1 amide bonds. The Morgan fingerprint density at radius 2 is 1.76 bits per heavy atom. The van der Waals surface area contributed by atoms with Gasteiger partial charge in [0.1, 0.15) is 11.8 Å². The number of likely N-dealkylation sites (N-methyl/N-ethyl adjacent to an activating group) is 1. The number of carbonyl (C=O) groups excluding carboxylic acids is 1. The quantitative estimate of drug-likeness (QED) is 0.163. The summed E-state index contributed by atoms with van der Waals surface area (Å²) in [4.78, 5) is 25.3. The van der Waals surface area contributed by atoms with Gasteiger partial charge in [-0.1, -0.05) is 18.2 Å². The third kappa shape index (κ3) is 7.47. The van der Waals surface area contributed by atoms with Crippen LogP contribution >= 0.6 is 31.9 Å². The van der Waals surface area contributed by atoms with Crippen LogP contribution in [0.5, 0.6) is 5.75 Å². The van der Waals surface area contributed by atoms with Gasteiger partial charge in [-0.3, -0.25) is 9.69 Å². The normalized spacial score (nSPS) is 18.6. The van der Waals surface area contributed by atoms with E-state index in [4.69, 9.17) is 10.5 Å². The number of anilines is 1. The number of piperidine rings is 1. The maximum Gasteiger partial charge on any atom is 0.304 e. The third-order valence-electron chi connectivity index (χ3n) is 7.08. The van der Waals surface area contributed by atoms with Crippen LogP contribution < -0.4 is 15.8 Å². The topological polar surface area (TPSA) is 110 Å². The van der Waals surface area contributed by atoms with Crippen molar-refractivity contribution in [2.75, 3.05) is 52.0 Å².